The molecule has 0 atom stereocenters. The molecule has 2 aliphatic rings. The highest BCUT2D eigenvalue weighted by atomic mass is 19.2. The Hall–Kier alpha value is -1.75. The number of esters is 1. The molecule has 0 spiro atoms. The van der Waals surface area contributed by atoms with E-state index in [1.165, 1.54) is 63.5 Å². The molecule has 2 aliphatic carbocycles. The summed E-state index contributed by atoms with van der Waals surface area (Å²) in [5, 5.41) is 0. The van der Waals surface area contributed by atoms with Crippen LogP contribution in [0.4, 0.5) is 8.78 Å². The normalized spacial score (nSPS) is 25.6. The second-order valence-corrected chi connectivity index (χ2v) is 9.90. The van der Waals surface area contributed by atoms with Gasteiger partial charge in [-0.15, -0.1) is 0 Å². The fraction of sp³-hybridized carbons (Fsp3) is 0.679. The van der Waals surface area contributed by atoms with Gasteiger partial charge in [0.05, 0.1) is 5.92 Å². The van der Waals surface area contributed by atoms with Gasteiger partial charge in [0.15, 0.2) is 11.6 Å². The lowest BCUT2D eigenvalue weighted by molar-refractivity contribution is -0.140. The van der Waals surface area contributed by atoms with Gasteiger partial charge in [-0.1, -0.05) is 57.7 Å². The summed E-state index contributed by atoms with van der Waals surface area (Å²) in [4.78, 5) is 12.5. The summed E-state index contributed by atoms with van der Waals surface area (Å²) in [5.74, 6) is -0.775. The summed E-state index contributed by atoms with van der Waals surface area (Å²) in [6, 6.07) is 2.85. The third kappa shape index (κ3) is 7.91. The number of hydrogen-bond acceptors (Lipinski definition) is 2. The zero-order valence-corrected chi connectivity index (χ0v) is 20.4. The van der Waals surface area contributed by atoms with Gasteiger partial charge in [-0.25, -0.2) is 4.39 Å². The molecule has 5 heteroatoms. The maximum Gasteiger partial charge on any atom is 0.314 e. The predicted octanol–water partition coefficient (Wildman–Crippen LogP) is 7.36. The Morgan fingerprint density at radius 3 is 2.09 bits per heavy atom. The first kappa shape index (κ1) is 27.5. The van der Waals surface area contributed by atoms with E-state index in [-0.39, 0.29) is 17.1 Å². The average molecular weight is 465 g/mol. The number of aryl methyl sites for hydroxylation is 1. The largest absolute Gasteiger partial charge is 0.423 e. The van der Waals surface area contributed by atoms with Gasteiger partial charge in [0.2, 0.25) is 5.82 Å². The van der Waals surface area contributed by atoms with Gasteiger partial charge in [-0.2, -0.15) is 4.39 Å². The maximum atomic E-state index is 14.2. The molecule has 186 valence electrons. The summed E-state index contributed by atoms with van der Waals surface area (Å²) in [7, 11) is 0. The standard InChI is InChI=1S/C28H40F2O2.H2O/c1-3-5-6-7-20-8-10-21(11-9-20)12-13-22-14-16-24(17-15-22)28(31)32-25-19-18-23(4-2)26(29)27(25)30;/h12-13,18-22,24H,3-11,14-17H2,1-2H3;1H2/b13-12+;. The van der Waals surface area contributed by atoms with E-state index in [1.54, 1.807) is 6.92 Å². The van der Waals surface area contributed by atoms with E-state index in [2.05, 4.69) is 19.1 Å². The fourth-order valence-electron chi connectivity index (χ4n) is 5.33. The minimum Gasteiger partial charge on any atom is -0.423 e. The van der Waals surface area contributed by atoms with Gasteiger partial charge in [-0.05, 0) is 87.2 Å². The number of allylic oxidation sites excluding steroid dienone is 2. The Morgan fingerprint density at radius 1 is 0.909 bits per heavy atom. The fourth-order valence-corrected chi connectivity index (χ4v) is 5.33. The van der Waals surface area contributed by atoms with E-state index in [0.717, 1.165) is 31.6 Å². The van der Waals surface area contributed by atoms with Crippen LogP contribution in [0, 0.1) is 35.3 Å². The van der Waals surface area contributed by atoms with Crippen molar-refractivity contribution in [2.24, 2.45) is 23.7 Å². The molecule has 0 unspecified atom stereocenters. The van der Waals surface area contributed by atoms with Crippen molar-refractivity contribution in [2.45, 2.75) is 97.3 Å². The molecule has 3 rings (SSSR count). The molecule has 0 radical (unpaired) electrons. The Morgan fingerprint density at radius 2 is 1.52 bits per heavy atom. The molecule has 1 aromatic carbocycles. The van der Waals surface area contributed by atoms with Gasteiger partial charge in [0.25, 0.3) is 0 Å². The number of unbranched alkanes of at least 4 members (excludes halogenated alkanes) is 2. The zero-order valence-electron chi connectivity index (χ0n) is 20.4. The zero-order chi connectivity index (χ0) is 22.9. The van der Waals surface area contributed by atoms with Crippen molar-refractivity contribution in [1.82, 2.24) is 0 Å². The van der Waals surface area contributed by atoms with Crippen LogP contribution in [0.15, 0.2) is 24.3 Å². The Balaban J connectivity index is 0.00000385. The van der Waals surface area contributed by atoms with Crippen molar-refractivity contribution in [1.29, 1.82) is 0 Å². The molecule has 2 N–H and O–H groups in total. The van der Waals surface area contributed by atoms with Crippen molar-refractivity contribution in [3.8, 4) is 5.75 Å². The molecule has 33 heavy (non-hydrogen) atoms. The van der Waals surface area contributed by atoms with Crippen molar-refractivity contribution < 1.29 is 23.8 Å². The molecule has 1 aromatic rings. The summed E-state index contributed by atoms with van der Waals surface area (Å²) in [6.07, 6.45) is 19.4. The third-order valence-electron chi connectivity index (χ3n) is 7.59. The van der Waals surface area contributed by atoms with Crippen molar-refractivity contribution in [2.75, 3.05) is 0 Å². The number of carbonyl (C=O) groups is 1. The monoisotopic (exact) mass is 464 g/mol. The molecular formula is C28H42F2O3. The van der Waals surface area contributed by atoms with Gasteiger partial charge < -0.3 is 10.2 Å². The summed E-state index contributed by atoms with van der Waals surface area (Å²) < 4.78 is 33.3. The molecule has 2 saturated carbocycles. The third-order valence-corrected chi connectivity index (χ3v) is 7.59. The number of ether oxygens (including phenoxy) is 1. The van der Waals surface area contributed by atoms with Gasteiger partial charge in [0, 0.05) is 0 Å². The Labute approximate surface area is 198 Å². The predicted molar refractivity (Wildman–Crippen MR) is 129 cm³/mol. The number of benzene rings is 1. The minimum atomic E-state index is -1.06. The lowest BCUT2D eigenvalue weighted by Crippen LogP contribution is -2.25. The van der Waals surface area contributed by atoms with Gasteiger partial charge >= 0.3 is 5.97 Å². The number of carbonyl (C=O) groups excluding carboxylic acids is 1. The Kier molecular flexibility index (Phi) is 11.5. The second kappa shape index (κ2) is 13.8. The number of halogens is 2. The first-order chi connectivity index (χ1) is 15.5. The first-order valence-corrected chi connectivity index (χ1v) is 12.9. The SMILES string of the molecule is CCCCCC1CCC(/C=C/C2CCC(C(=O)Oc3ccc(CC)c(F)c3F)CC2)CC1.O. The Bertz CT molecular complexity index is 761. The highest BCUT2D eigenvalue weighted by Crippen LogP contribution is 2.35. The number of rotatable bonds is 9. The first-order valence-electron chi connectivity index (χ1n) is 12.9. The van der Waals surface area contributed by atoms with Crippen LogP contribution in [0.25, 0.3) is 0 Å². The van der Waals surface area contributed by atoms with Crippen molar-refractivity contribution in [3.63, 3.8) is 0 Å². The molecule has 0 saturated heterocycles. The van der Waals surface area contributed by atoms with E-state index in [4.69, 9.17) is 4.74 Å². The molecular weight excluding hydrogens is 422 g/mol. The van der Waals surface area contributed by atoms with Crippen LogP contribution < -0.4 is 4.74 Å². The quantitative estimate of drug-likeness (QED) is 0.166. The van der Waals surface area contributed by atoms with Crippen LogP contribution in [0.2, 0.25) is 0 Å². The second-order valence-electron chi connectivity index (χ2n) is 9.90. The average Bonchev–Trinajstić information content (AvgIpc) is 2.82. The lowest BCUT2D eigenvalue weighted by atomic mass is 9.78. The van der Waals surface area contributed by atoms with E-state index in [9.17, 15) is 13.6 Å². The molecule has 0 amide bonds. The van der Waals surface area contributed by atoms with E-state index in [0.29, 0.717) is 23.8 Å². The molecule has 0 aliphatic heterocycles. The summed E-state index contributed by atoms with van der Waals surface area (Å²) in [6.45, 7) is 4.03. The highest BCUT2D eigenvalue weighted by Gasteiger charge is 2.28. The van der Waals surface area contributed by atoms with E-state index >= 15 is 0 Å². The van der Waals surface area contributed by atoms with Crippen LogP contribution in [0.3, 0.4) is 0 Å². The topological polar surface area (TPSA) is 57.8 Å². The smallest absolute Gasteiger partial charge is 0.314 e. The van der Waals surface area contributed by atoms with E-state index in [1.807, 2.05) is 0 Å². The lowest BCUT2D eigenvalue weighted by Gasteiger charge is -2.28. The molecule has 0 aromatic heterocycles. The summed E-state index contributed by atoms with van der Waals surface area (Å²) in [5.41, 5.74) is 0.291. The van der Waals surface area contributed by atoms with Crippen LogP contribution in [-0.4, -0.2) is 11.4 Å². The van der Waals surface area contributed by atoms with Gasteiger partial charge in [-0.3, -0.25) is 4.79 Å². The summed E-state index contributed by atoms with van der Waals surface area (Å²) >= 11 is 0. The molecule has 0 bridgehead atoms. The highest BCUT2D eigenvalue weighted by molar-refractivity contribution is 5.75. The van der Waals surface area contributed by atoms with Crippen LogP contribution in [0.5, 0.6) is 5.75 Å². The van der Waals surface area contributed by atoms with Crippen LogP contribution >= 0.6 is 0 Å². The van der Waals surface area contributed by atoms with E-state index < -0.39 is 17.6 Å². The van der Waals surface area contributed by atoms with Crippen molar-refractivity contribution >= 4 is 5.97 Å². The van der Waals surface area contributed by atoms with Crippen molar-refractivity contribution in [3.05, 3.63) is 41.5 Å². The molecule has 2 fully saturated rings. The number of hydrogen-bond donors (Lipinski definition) is 0. The maximum absolute atomic E-state index is 14.2. The van der Waals surface area contributed by atoms with Crippen LogP contribution in [0.1, 0.15) is 96.5 Å². The van der Waals surface area contributed by atoms with Crippen LogP contribution in [-0.2, 0) is 11.2 Å². The molecule has 0 heterocycles. The minimum absolute atomic E-state index is 0. The molecule has 3 nitrogen and oxygen atoms in total. The van der Waals surface area contributed by atoms with Gasteiger partial charge in [0.1, 0.15) is 0 Å².